The minimum atomic E-state index is -0.526. The van der Waals surface area contributed by atoms with Crippen LogP contribution in [0.4, 0.5) is 17.8 Å². The Hall–Kier alpha value is -5.70. The number of aryl methyl sites for hydroxylation is 1. The van der Waals surface area contributed by atoms with Crippen LogP contribution in [0.25, 0.3) is 0 Å². The van der Waals surface area contributed by atoms with Crippen molar-refractivity contribution in [1.29, 1.82) is 0 Å². The van der Waals surface area contributed by atoms with Gasteiger partial charge in [-0.05, 0) is 24.7 Å². The summed E-state index contributed by atoms with van der Waals surface area (Å²) >= 11 is 0. The van der Waals surface area contributed by atoms with E-state index in [9.17, 15) is 14.7 Å². The normalized spacial score (nSPS) is 15.8. The lowest BCUT2D eigenvalue weighted by atomic mass is 9.97. The van der Waals surface area contributed by atoms with E-state index in [2.05, 4.69) is 60.5 Å². The third kappa shape index (κ3) is 14.4. The van der Waals surface area contributed by atoms with Crippen molar-refractivity contribution >= 4 is 35.6 Å². The fraction of sp³-hybridized carbons (Fsp3) is 0.707. The van der Waals surface area contributed by atoms with Gasteiger partial charge in [0.15, 0.2) is 0 Å². The first-order chi connectivity index (χ1) is 31.0. The SMILES string of the molecule is C#CCOCCOCCOCCNc1nc(N2CCN(C(=O)[C@H](C(C)C)n3cc(CCO)nn3)CC2)nc(N2CCN(C(=O)[C@H]([C@@H](C)CC)n3cc(CCC[NH+]=C(N)N)nn3)CC2)n1. The summed E-state index contributed by atoms with van der Waals surface area (Å²) in [6, 6.07) is -1.02. The number of hydrogen-bond acceptors (Lipinski definition) is 16. The molecule has 0 spiro atoms. The second-order valence-electron chi connectivity index (χ2n) is 16.2. The van der Waals surface area contributed by atoms with Gasteiger partial charge < -0.3 is 44.2 Å². The molecule has 5 heterocycles. The number of amides is 2. The van der Waals surface area contributed by atoms with Crippen LogP contribution >= 0.6 is 0 Å². The third-order valence-electron chi connectivity index (χ3n) is 11.1. The number of nitrogens with one attached hydrogen (secondary N) is 2. The Morgan fingerprint density at radius 2 is 1.33 bits per heavy atom. The van der Waals surface area contributed by atoms with Gasteiger partial charge in [0, 0.05) is 84.3 Å². The van der Waals surface area contributed by atoms with Crippen LogP contribution in [0, 0.1) is 24.2 Å². The molecular weight excluding hydrogens is 827 g/mol. The molecule has 3 aromatic heterocycles. The van der Waals surface area contributed by atoms with Crippen LogP contribution in [0.15, 0.2) is 12.4 Å². The fourth-order valence-corrected chi connectivity index (χ4v) is 7.44. The largest absolute Gasteiger partial charge is 0.396 e. The number of carbonyl (C=O) groups is 2. The smallest absolute Gasteiger partial charge is 0.338 e. The zero-order valence-electron chi connectivity index (χ0n) is 37.8. The molecule has 2 fully saturated rings. The van der Waals surface area contributed by atoms with Crippen LogP contribution in [0.5, 0.6) is 0 Å². The third-order valence-corrected chi connectivity index (χ3v) is 11.1. The van der Waals surface area contributed by atoms with Gasteiger partial charge >= 0.3 is 5.96 Å². The highest BCUT2D eigenvalue weighted by molar-refractivity contribution is 5.81. The van der Waals surface area contributed by atoms with Gasteiger partial charge in [-0.25, -0.2) is 9.36 Å². The van der Waals surface area contributed by atoms with Crippen molar-refractivity contribution in [2.45, 2.75) is 65.5 Å². The Morgan fingerprint density at radius 1 is 0.797 bits per heavy atom. The topological polar surface area (TPSA) is 273 Å². The summed E-state index contributed by atoms with van der Waals surface area (Å²) in [4.78, 5) is 53.5. The summed E-state index contributed by atoms with van der Waals surface area (Å²) in [5.74, 6) is 3.94. The summed E-state index contributed by atoms with van der Waals surface area (Å²) < 4.78 is 19.8. The summed E-state index contributed by atoms with van der Waals surface area (Å²) in [6.07, 6.45) is 11.4. The maximum Gasteiger partial charge on any atom is 0.338 e. The van der Waals surface area contributed by atoms with Gasteiger partial charge in [0.1, 0.15) is 18.7 Å². The minimum Gasteiger partial charge on any atom is -0.396 e. The molecule has 0 aliphatic carbocycles. The molecule has 23 nitrogen and oxygen atoms in total. The molecule has 0 unspecified atom stereocenters. The van der Waals surface area contributed by atoms with E-state index in [0.29, 0.717) is 135 Å². The average Bonchev–Trinajstić information content (AvgIpc) is 3.96. The van der Waals surface area contributed by atoms with Gasteiger partial charge in [-0.15, -0.1) is 16.6 Å². The average molecular weight is 895 g/mol. The van der Waals surface area contributed by atoms with Crippen molar-refractivity contribution in [2.24, 2.45) is 23.3 Å². The van der Waals surface area contributed by atoms with Gasteiger partial charge in [0.2, 0.25) is 29.7 Å². The van der Waals surface area contributed by atoms with E-state index in [1.54, 1.807) is 15.6 Å². The Balaban J connectivity index is 1.23. The van der Waals surface area contributed by atoms with Crippen LogP contribution in [0.1, 0.15) is 64.0 Å². The lowest BCUT2D eigenvalue weighted by Gasteiger charge is -2.38. The monoisotopic (exact) mass is 895 g/mol. The number of piperazine rings is 2. The zero-order valence-corrected chi connectivity index (χ0v) is 37.8. The van der Waals surface area contributed by atoms with Crippen molar-refractivity contribution in [2.75, 3.05) is 127 Å². The number of rotatable bonds is 26. The fourth-order valence-electron chi connectivity index (χ4n) is 7.44. The van der Waals surface area contributed by atoms with Crippen LogP contribution in [-0.2, 0) is 36.6 Å². The molecule has 64 heavy (non-hydrogen) atoms. The first-order valence-corrected chi connectivity index (χ1v) is 22.3. The highest BCUT2D eigenvalue weighted by Gasteiger charge is 2.35. The number of anilines is 3. The first-order valence-electron chi connectivity index (χ1n) is 22.3. The molecule has 5 rings (SSSR count). The molecule has 0 saturated carbocycles. The van der Waals surface area contributed by atoms with Crippen LogP contribution in [0.2, 0.25) is 0 Å². The lowest BCUT2D eigenvalue weighted by molar-refractivity contribution is -0.459. The number of nitrogens with two attached hydrogens (primary N) is 2. The number of carbonyl (C=O) groups excluding carboxylic acids is 2. The van der Waals surface area contributed by atoms with E-state index in [1.165, 1.54) is 0 Å². The molecule has 2 saturated heterocycles. The highest BCUT2D eigenvalue weighted by atomic mass is 16.5. The maximum absolute atomic E-state index is 14.2. The van der Waals surface area contributed by atoms with Gasteiger partial charge in [-0.2, -0.15) is 15.0 Å². The lowest BCUT2D eigenvalue weighted by Crippen LogP contribution is -2.78. The number of ether oxygens (including phenoxy) is 3. The number of aromatic nitrogens is 9. The van der Waals surface area contributed by atoms with Gasteiger partial charge in [-0.1, -0.05) is 50.5 Å². The van der Waals surface area contributed by atoms with E-state index in [1.807, 2.05) is 29.8 Å². The minimum absolute atomic E-state index is 0.000449. The second-order valence-corrected chi connectivity index (χ2v) is 16.2. The van der Waals surface area contributed by atoms with Crippen LogP contribution < -0.4 is 31.6 Å². The molecule has 2 aliphatic heterocycles. The Bertz CT molecular complexity index is 1950. The van der Waals surface area contributed by atoms with Crippen molar-refractivity contribution < 1.29 is 33.9 Å². The van der Waals surface area contributed by atoms with Gasteiger partial charge in [-0.3, -0.25) is 26.0 Å². The van der Waals surface area contributed by atoms with Crippen molar-refractivity contribution in [3.63, 3.8) is 0 Å². The molecule has 0 aromatic carbocycles. The molecule has 0 radical (unpaired) electrons. The molecule has 3 aromatic rings. The van der Waals surface area contributed by atoms with E-state index >= 15 is 0 Å². The molecule has 2 aliphatic rings. The molecule has 2 amide bonds. The summed E-state index contributed by atoms with van der Waals surface area (Å²) in [6.45, 7) is 15.3. The van der Waals surface area contributed by atoms with Gasteiger partial charge in [0.05, 0.1) is 51.0 Å². The standard InChI is InChI=1S/C41H67N17O6/c1-6-22-62-24-26-64-27-25-63-23-12-45-39-46-40(55-17-13-53(14-18-55)36(60)34(30(3)4)57-29-33(10-21-59)50-51-57)48-41(47-39)56-19-15-54(16-20-56)37(61)35(31(5)7-2)58-28-32(49-52-58)9-8-11-44-38(42)43/h1,28-31,34-35,59H,7-27H2,2-5H3,(H4,42,43,44)(H,45,46,47,48)/p+1/t31-,34-,35-/m0/s1. The molecule has 0 bridgehead atoms. The first kappa shape index (κ1) is 49.3. The molecule has 352 valence electrons. The number of aliphatic hydroxyl groups is 1. The molecule has 23 heteroatoms. The van der Waals surface area contributed by atoms with E-state index in [-0.39, 0.29) is 42.8 Å². The predicted octanol–water partition coefficient (Wildman–Crippen LogP) is -2.55. The van der Waals surface area contributed by atoms with Crippen LogP contribution in [-0.4, -0.2) is 189 Å². The molecule has 7 N–H and O–H groups in total. The maximum atomic E-state index is 14.2. The van der Waals surface area contributed by atoms with Crippen molar-refractivity contribution in [3.05, 3.63) is 23.8 Å². The number of nitrogens with zero attached hydrogens (tertiary/aromatic N) is 13. The quantitative estimate of drug-likeness (QED) is 0.0240. The van der Waals surface area contributed by atoms with Gasteiger partial charge in [0.25, 0.3) is 0 Å². The molecule has 3 atom stereocenters. The molecular formula is C41H68N17O6+. The number of terminal acetylenes is 1. The number of guanidine groups is 1. The van der Waals surface area contributed by atoms with Crippen molar-refractivity contribution in [3.8, 4) is 12.3 Å². The zero-order chi connectivity index (χ0) is 45.8. The summed E-state index contributed by atoms with van der Waals surface area (Å²) in [5.41, 5.74) is 12.5. The Morgan fingerprint density at radius 3 is 1.86 bits per heavy atom. The predicted molar refractivity (Wildman–Crippen MR) is 238 cm³/mol. The Kier molecular flexibility index (Phi) is 19.7. The number of aliphatic hydroxyl groups excluding tert-OH is 1. The second kappa shape index (κ2) is 25.6. The number of hydrogen-bond donors (Lipinski definition) is 5. The van der Waals surface area contributed by atoms with E-state index in [4.69, 9.17) is 47.1 Å². The van der Waals surface area contributed by atoms with E-state index in [0.717, 1.165) is 18.5 Å². The van der Waals surface area contributed by atoms with Crippen LogP contribution in [0.3, 0.4) is 0 Å². The van der Waals surface area contributed by atoms with E-state index < -0.39 is 12.1 Å². The summed E-state index contributed by atoms with van der Waals surface area (Å²) in [7, 11) is 0. The van der Waals surface area contributed by atoms with Crippen molar-refractivity contribution in [1.82, 2.24) is 54.7 Å². The highest BCUT2D eigenvalue weighted by Crippen LogP contribution is 2.26. The summed E-state index contributed by atoms with van der Waals surface area (Å²) in [5, 5.41) is 29.8. The Labute approximate surface area is 375 Å².